The Morgan fingerprint density at radius 3 is 2.48 bits per heavy atom. The van der Waals surface area contributed by atoms with Gasteiger partial charge in [-0.25, -0.2) is 0 Å². The molecule has 0 amide bonds. The molecule has 21 heavy (non-hydrogen) atoms. The maximum atomic E-state index is 10.9. The number of carbonyl (C=O) groups is 1. The summed E-state index contributed by atoms with van der Waals surface area (Å²) in [6.45, 7) is 5.07. The Bertz CT molecular complexity index is 596. The SMILES string of the molecule is CCCNc1ccc(NSc2ccc(C)c(C=O)c2)cc1. The number of aryl methyl sites for hydroxylation is 1. The van der Waals surface area contributed by atoms with Gasteiger partial charge in [-0.1, -0.05) is 13.0 Å². The molecule has 110 valence electrons. The second-order valence-corrected chi connectivity index (χ2v) is 5.72. The molecule has 0 unspecified atom stereocenters. The van der Waals surface area contributed by atoms with E-state index in [1.165, 1.54) is 11.9 Å². The standard InChI is InChI=1S/C17H20N2OS/c1-3-10-18-15-5-7-16(8-6-15)19-21-17-9-4-13(2)14(11-17)12-20/h4-9,11-12,18-19H,3,10H2,1-2H3. The molecule has 0 spiro atoms. The molecule has 0 fully saturated rings. The molecule has 0 atom stereocenters. The lowest BCUT2D eigenvalue weighted by Gasteiger charge is -2.09. The van der Waals surface area contributed by atoms with Crippen LogP contribution in [0.4, 0.5) is 11.4 Å². The molecule has 0 aromatic heterocycles. The fourth-order valence-electron chi connectivity index (χ4n) is 1.85. The molecule has 2 rings (SSSR count). The van der Waals surface area contributed by atoms with E-state index in [-0.39, 0.29) is 0 Å². The van der Waals surface area contributed by atoms with E-state index in [2.05, 4.69) is 29.1 Å². The molecule has 4 heteroatoms. The maximum absolute atomic E-state index is 10.9. The summed E-state index contributed by atoms with van der Waals surface area (Å²) < 4.78 is 3.29. The molecule has 0 heterocycles. The van der Waals surface area contributed by atoms with Gasteiger partial charge in [0.2, 0.25) is 0 Å². The number of hydrogen-bond donors (Lipinski definition) is 2. The molecule has 0 bridgehead atoms. The third-order valence-electron chi connectivity index (χ3n) is 3.13. The molecule has 0 aliphatic rings. The number of anilines is 2. The van der Waals surface area contributed by atoms with E-state index < -0.39 is 0 Å². The van der Waals surface area contributed by atoms with Gasteiger partial charge in [-0.05, 0) is 67.3 Å². The quantitative estimate of drug-likeness (QED) is 0.572. The summed E-state index contributed by atoms with van der Waals surface area (Å²) in [6, 6.07) is 14.1. The summed E-state index contributed by atoms with van der Waals surface area (Å²) in [5.41, 5.74) is 3.91. The average molecular weight is 300 g/mol. The lowest BCUT2D eigenvalue weighted by atomic mass is 10.1. The first kappa shape index (κ1) is 15.4. The highest BCUT2D eigenvalue weighted by molar-refractivity contribution is 8.00. The van der Waals surface area contributed by atoms with Crippen molar-refractivity contribution in [3.63, 3.8) is 0 Å². The highest BCUT2D eigenvalue weighted by Crippen LogP contribution is 2.24. The number of carbonyl (C=O) groups excluding carboxylic acids is 1. The molecule has 0 radical (unpaired) electrons. The van der Waals surface area contributed by atoms with E-state index >= 15 is 0 Å². The topological polar surface area (TPSA) is 41.1 Å². The van der Waals surface area contributed by atoms with Crippen LogP contribution >= 0.6 is 11.9 Å². The molecular weight excluding hydrogens is 280 g/mol. The van der Waals surface area contributed by atoms with Gasteiger partial charge in [0.1, 0.15) is 6.29 Å². The van der Waals surface area contributed by atoms with Crippen LogP contribution in [0.1, 0.15) is 29.3 Å². The number of benzene rings is 2. The summed E-state index contributed by atoms with van der Waals surface area (Å²) in [5.74, 6) is 0. The van der Waals surface area contributed by atoms with Gasteiger partial charge < -0.3 is 10.0 Å². The zero-order chi connectivity index (χ0) is 15.1. The summed E-state index contributed by atoms with van der Waals surface area (Å²) in [6.07, 6.45) is 2.01. The minimum absolute atomic E-state index is 0.737. The molecule has 0 saturated carbocycles. The van der Waals surface area contributed by atoms with Crippen molar-refractivity contribution >= 4 is 29.6 Å². The molecule has 2 aromatic rings. The second kappa shape index (κ2) is 7.74. The number of nitrogens with one attached hydrogen (secondary N) is 2. The second-order valence-electron chi connectivity index (χ2n) is 4.84. The van der Waals surface area contributed by atoms with Gasteiger partial charge in [-0.2, -0.15) is 0 Å². The van der Waals surface area contributed by atoms with Crippen LogP contribution in [0.2, 0.25) is 0 Å². The monoisotopic (exact) mass is 300 g/mol. The zero-order valence-corrected chi connectivity index (χ0v) is 13.2. The number of hydrogen-bond acceptors (Lipinski definition) is 4. The average Bonchev–Trinajstić information content (AvgIpc) is 2.53. The Hall–Kier alpha value is -1.94. The molecule has 2 aromatic carbocycles. The normalized spacial score (nSPS) is 10.2. The Balaban J connectivity index is 1.95. The van der Waals surface area contributed by atoms with Crippen molar-refractivity contribution in [2.24, 2.45) is 0 Å². The van der Waals surface area contributed by atoms with Gasteiger partial charge >= 0.3 is 0 Å². The van der Waals surface area contributed by atoms with Crippen LogP contribution in [-0.4, -0.2) is 12.8 Å². The van der Waals surface area contributed by atoms with Crippen LogP contribution in [0, 0.1) is 6.92 Å². The molecule has 0 saturated heterocycles. The van der Waals surface area contributed by atoms with Crippen molar-refractivity contribution in [2.75, 3.05) is 16.6 Å². The van der Waals surface area contributed by atoms with E-state index in [1.807, 2.05) is 37.3 Å². The minimum Gasteiger partial charge on any atom is -0.385 e. The van der Waals surface area contributed by atoms with Gasteiger partial charge in [0.25, 0.3) is 0 Å². The molecule has 0 aliphatic heterocycles. The first-order chi connectivity index (χ1) is 10.2. The van der Waals surface area contributed by atoms with Crippen LogP contribution in [-0.2, 0) is 0 Å². The van der Waals surface area contributed by atoms with Crippen molar-refractivity contribution in [1.82, 2.24) is 0 Å². The minimum atomic E-state index is 0.737. The molecular formula is C17H20N2OS. The molecule has 2 N–H and O–H groups in total. The first-order valence-electron chi connectivity index (χ1n) is 7.05. The fraction of sp³-hybridized carbons (Fsp3) is 0.235. The van der Waals surface area contributed by atoms with E-state index in [0.717, 1.165) is 46.6 Å². The lowest BCUT2D eigenvalue weighted by molar-refractivity contribution is 0.112. The maximum Gasteiger partial charge on any atom is 0.150 e. The van der Waals surface area contributed by atoms with E-state index in [4.69, 9.17) is 0 Å². The van der Waals surface area contributed by atoms with Crippen molar-refractivity contribution in [1.29, 1.82) is 0 Å². The summed E-state index contributed by atoms with van der Waals surface area (Å²) >= 11 is 1.51. The predicted molar refractivity (Wildman–Crippen MR) is 91.3 cm³/mol. The number of rotatable bonds is 7. The van der Waals surface area contributed by atoms with Gasteiger partial charge in [0, 0.05) is 28.4 Å². The fourth-order valence-corrected chi connectivity index (χ4v) is 2.55. The van der Waals surface area contributed by atoms with E-state index in [1.54, 1.807) is 0 Å². The van der Waals surface area contributed by atoms with Crippen LogP contribution < -0.4 is 10.0 Å². The van der Waals surface area contributed by atoms with Crippen LogP contribution in [0.25, 0.3) is 0 Å². The van der Waals surface area contributed by atoms with Crippen LogP contribution in [0.3, 0.4) is 0 Å². The van der Waals surface area contributed by atoms with E-state index in [0.29, 0.717) is 0 Å². The van der Waals surface area contributed by atoms with Gasteiger partial charge in [0.05, 0.1) is 0 Å². The van der Waals surface area contributed by atoms with Crippen molar-refractivity contribution in [3.8, 4) is 0 Å². The molecule has 0 aliphatic carbocycles. The first-order valence-corrected chi connectivity index (χ1v) is 7.87. The van der Waals surface area contributed by atoms with Gasteiger partial charge in [0.15, 0.2) is 0 Å². The van der Waals surface area contributed by atoms with E-state index in [9.17, 15) is 4.79 Å². The largest absolute Gasteiger partial charge is 0.385 e. The smallest absolute Gasteiger partial charge is 0.150 e. The van der Waals surface area contributed by atoms with Crippen molar-refractivity contribution < 1.29 is 4.79 Å². The molecule has 3 nitrogen and oxygen atoms in total. The summed E-state index contributed by atoms with van der Waals surface area (Å²) in [4.78, 5) is 12.0. The number of aldehydes is 1. The van der Waals surface area contributed by atoms with Gasteiger partial charge in [-0.3, -0.25) is 4.79 Å². The van der Waals surface area contributed by atoms with Gasteiger partial charge in [-0.15, -0.1) is 0 Å². The lowest BCUT2D eigenvalue weighted by Crippen LogP contribution is -1.99. The van der Waals surface area contributed by atoms with Crippen molar-refractivity contribution in [2.45, 2.75) is 25.2 Å². The summed E-state index contributed by atoms with van der Waals surface area (Å²) in [5, 5.41) is 3.34. The Morgan fingerprint density at radius 1 is 1.10 bits per heavy atom. The highest BCUT2D eigenvalue weighted by atomic mass is 32.2. The van der Waals surface area contributed by atoms with Crippen molar-refractivity contribution in [3.05, 3.63) is 53.6 Å². The third kappa shape index (κ3) is 4.53. The Morgan fingerprint density at radius 2 is 1.81 bits per heavy atom. The van der Waals surface area contributed by atoms with Crippen LogP contribution in [0.5, 0.6) is 0 Å². The zero-order valence-electron chi connectivity index (χ0n) is 12.3. The third-order valence-corrected chi connectivity index (χ3v) is 3.96. The van der Waals surface area contributed by atoms with Crippen LogP contribution in [0.15, 0.2) is 47.4 Å². The Labute approximate surface area is 130 Å². The predicted octanol–water partition coefficient (Wildman–Crippen LogP) is 4.75. The summed E-state index contributed by atoms with van der Waals surface area (Å²) in [7, 11) is 0. The highest BCUT2D eigenvalue weighted by Gasteiger charge is 2.01. The Kier molecular flexibility index (Phi) is 5.69.